The molecule has 0 fully saturated rings. The maximum atomic E-state index is 11.2. The minimum atomic E-state index is -1.01. The van der Waals surface area contributed by atoms with Gasteiger partial charge >= 0.3 is 5.97 Å². The summed E-state index contributed by atoms with van der Waals surface area (Å²) in [5.41, 5.74) is 6.88. The molecule has 0 amide bonds. The van der Waals surface area contributed by atoms with Gasteiger partial charge in [0.25, 0.3) is 0 Å². The Balaban J connectivity index is 2.54. The molecule has 3 nitrogen and oxygen atoms in total. The van der Waals surface area contributed by atoms with E-state index < -0.39 is 17.4 Å². The second-order valence-corrected chi connectivity index (χ2v) is 4.03. The number of hydrogen-bond acceptors (Lipinski definition) is 2. The van der Waals surface area contributed by atoms with Gasteiger partial charge < -0.3 is 10.8 Å². The van der Waals surface area contributed by atoms with E-state index in [1.165, 1.54) is 0 Å². The maximum Gasteiger partial charge on any atom is 0.315 e. The second kappa shape index (κ2) is 3.21. The molecule has 0 saturated heterocycles. The Kier molecular flexibility index (Phi) is 2.12. The molecular weight excluding hydrogens is 190 g/mol. The van der Waals surface area contributed by atoms with Crippen LogP contribution in [0.15, 0.2) is 30.3 Å². The largest absolute Gasteiger partial charge is 0.481 e. The molecule has 3 heteroatoms. The topological polar surface area (TPSA) is 63.3 Å². The SMILES string of the molecule is C[C@@]1(C(=O)O)C=Cc2ccccc2[C@@H]1N. The van der Waals surface area contributed by atoms with E-state index in [9.17, 15) is 4.79 Å². The van der Waals surface area contributed by atoms with Crippen LogP contribution in [0.4, 0.5) is 0 Å². The number of carboxylic acid groups (broad SMARTS) is 1. The molecule has 0 saturated carbocycles. The van der Waals surface area contributed by atoms with E-state index in [1.807, 2.05) is 30.3 Å². The molecule has 78 valence electrons. The molecule has 0 radical (unpaired) electrons. The molecule has 0 spiro atoms. The number of rotatable bonds is 1. The molecule has 15 heavy (non-hydrogen) atoms. The first-order chi connectivity index (χ1) is 7.05. The first-order valence-electron chi connectivity index (χ1n) is 4.83. The number of carboxylic acids is 1. The van der Waals surface area contributed by atoms with Crippen molar-refractivity contribution in [3.63, 3.8) is 0 Å². The molecule has 0 bridgehead atoms. The quantitative estimate of drug-likeness (QED) is 0.731. The van der Waals surface area contributed by atoms with Gasteiger partial charge in [-0.05, 0) is 18.1 Å². The molecule has 0 heterocycles. The van der Waals surface area contributed by atoms with Crippen LogP contribution in [-0.4, -0.2) is 11.1 Å². The Morgan fingerprint density at radius 2 is 2.13 bits per heavy atom. The van der Waals surface area contributed by atoms with Gasteiger partial charge in [0.2, 0.25) is 0 Å². The lowest BCUT2D eigenvalue weighted by molar-refractivity contribution is -0.146. The smallest absolute Gasteiger partial charge is 0.315 e. The Morgan fingerprint density at radius 3 is 2.80 bits per heavy atom. The van der Waals surface area contributed by atoms with E-state index in [0.717, 1.165) is 11.1 Å². The fraction of sp³-hybridized carbons (Fsp3) is 0.250. The van der Waals surface area contributed by atoms with Crippen LogP contribution in [0.3, 0.4) is 0 Å². The summed E-state index contributed by atoms with van der Waals surface area (Å²) >= 11 is 0. The fourth-order valence-electron chi connectivity index (χ4n) is 1.84. The number of hydrogen-bond donors (Lipinski definition) is 2. The van der Waals surface area contributed by atoms with Crippen LogP contribution in [0.2, 0.25) is 0 Å². The predicted molar refractivity (Wildman–Crippen MR) is 58.1 cm³/mol. The van der Waals surface area contributed by atoms with Crippen LogP contribution in [0.5, 0.6) is 0 Å². The summed E-state index contributed by atoms with van der Waals surface area (Å²) < 4.78 is 0. The Labute approximate surface area is 88.2 Å². The van der Waals surface area contributed by atoms with Crippen molar-refractivity contribution in [1.82, 2.24) is 0 Å². The van der Waals surface area contributed by atoms with Crippen LogP contribution in [0, 0.1) is 5.41 Å². The van der Waals surface area contributed by atoms with E-state index >= 15 is 0 Å². The van der Waals surface area contributed by atoms with Gasteiger partial charge in [-0.25, -0.2) is 0 Å². The normalized spacial score (nSPS) is 28.5. The molecule has 2 rings (SSSR count). The third-order valence-electron chi connectivity index (χ3n) is 3.05. The van der Waals surface area contributed by atoms with Gasteiger partial charge in [0, 0.05) is 6.04 Å². The van der Waals surface area contributed by atoms with Crippen LogP contribution in [0.1, 0.15) is 24.1 Å². The predicted octanol–water partition coefficient (Wildman–Crippen LogP) is 1.80. The van der Waals surface area contributed by atoms with E-state index in [2.05, 4.69) is 0 Å². The zero-order chi connectivity index (χ0) is 11.1. The maximum absolute atomic E-state index is 11.2. The monoisotopic (exact) mass is 203 g/mol. The van der Waals surface area contributed by atoms with E-state index in [-0.39, 0.29) is 0 Å². The van der Waals surface area contributed by atoms with Crippen molar-refractivity contribution in [2.24, 2.45) is 11.1 Å². The highest BCUT2D eigenvalue weighted by Crippen LogP contribution is 2.39. The van der Waals surface area contributed by atoms with Crippen molar-refractivity contribution in [1.29, 1.82) is 0 Å². The van der Waals surface area contributed by atoms with Gasteiger partial charge in [-0.15, -0.1) is 0 Å². The number of fused-ring (bicyclic) bond motifs is 1. The summed E-state index contributed by atoms with van der Waals surface area (Å²) in [6.45, 7) is 1.65. The van der Waals surface area contributed by atoms with E-state index in [1.54, 1.807) is 13.0 Å². The van der Waals surface area contributed by atoms with Gasteiger partial charge in [-0.2, -0.15) is 0 Å². The number of nitrogens with two attached hydrogens (primary N) is 1. The van der Waals surface area contributed by atoms with E-state index in [0.29, 0.717) is 0 Å². The second-order valence-electron chi connectivity index (χ2n) is 4.03. The lowest BCUT2D eigenvalue weighted by atomic mass is 9.74. The average molecular weight is 203 g/mol. The highest BCUT2D eigenvalue weighted by Gasteiger charge is 2.40. The lowest BCUT2D eigenvalue weighted by Crippen LogP contribution is -2.39. The first-order valence-corrected chi connectivity index (χ1v) is 4.83. The molecule has 1 aliphatic carbocycles. The van der Waals surface area contributed by atoms with Crippen molar-refractivity contribution in [2.75, 3.05) is 0 Å². The Bertz CT molecular complexity index is 439. The van der Waals surface area contributed by atoms with Crippen LogP contribution in [-0.2, 0) is 4.79 Å². The average Bonchev–Trinajstić information content (AvgIpc) is 2.24. The zero-order valence-electron chi connectivity index (χ0n) is 8.47. The van der Waals surface area contributed by atoms with Gasteiger partial charge in [0.15, 0.2) is 0 Å². The lowest BCUT2D eigenvalue weighted by Gasteiger charge is -2.32. The number of aliphatic carboxylic acids is 1. The third-order valence-corrected chi connectivity index (χ3v) is 3.05. The Morgan fingerprint density at radius 1 is 1.47 bits per heavy atom. The van der Waals surface area contributed by atoms with Crippen molar-refractivity contribution in [3.8, 4) is 0 Å². The van der Waals surface area contributed by atoms with Crippen molar-refractivity contribution >= 4 is 12.0 Å². The van der Waals surface area contributed by atoms with Crippen LogP contribution < -0.4 is 5.73 Å². The molecule has 0 unspecified atom stereocenters. The molecule has 0 aliphatic heterocycles. The molecule has 1 aromatic carbocycles. The first kappa shape index (κ1) is 9.93. The van der Waals surface area contributed by atoms with E-state index in [4.69, 9.17) is 10.8 Å². The van der Waals surface area contributed by atoms with Gasteiger partial charge in [-0.1, -0.05) is 36.4 Å². The van der Waals surface area contributed by atoms with Gasteiger partial charge in [-0.3, -0.25) is 4.79 Å². The van der Waals surface area contributed by atoms with Crippen molar-refractivity contribution in [2.45, 2.75) is 13.0 Å². The molecule has 3 N–H and O–H groups in total. The van der Waals surface area contributed by atoms with Crippen LogP contribution in [0.25, 0.3) is 6.08 Å². The summed E-state index contributed by atoms with van der Waals surface area (Å²) in [5, 5.41) is 9.16. The number of benzene rings is 1. The summed E-state index contributed by atoms with van der Waals surface area (Å²) in [6, 6.07) is 7.12. The minimum absolute atomic E-state index is 0.490. The standard InChI is InChI=1S/C12H13NO2/c1-12(11(14)15)7-6-8-4-2-3-5-9(8)10(12)13/h2-7,10H,13H2,1H3,(H,14,15)/t10-,12+/m0/s1. The van der Waals surface area contributed by atoms with Gasteiger partial charge in [0.05, 0.1) is 0 Å². The molecule has 1 aliphatic rings. The summed E-state index contributed by atoms with van der Waals surface area (Å²) in [6.07, 6.45) is 3.50. The molecule has 2 atom stereocenters. The zero-order valence-corrected chi connectivity index (χ0v) is 8.47. The fourth-order valence-corrected chi connectivity index (χ4v) is 1.84. The highest BCUT2D eigenvalue weighted by atomic mass is 16.4. The molecule has 1 aromatic rings. The third kappa shape index (κ3) is 1.36. The summed E-state index contributed by atoms with van der Waals surface area (Å²) in [4.78, 5) is 11.2. The van der Waals surface area contributed by atoms with Crippen molar-refractivity contribution in [3.05, 3.63) is 41.5 Å². The molecular formula is C12H13NO2. The van der Waals surface area contributed by atoms with Crippen LogP contribution >= 0.6 is 0 Å². The minimum Gasteiger partial charge on any atom is -0.481 e. The summed E-state index contributed by atoms with van der Waals surface area (Å²) in [7, 11) is 0. The molecule has 0 aromatic heterocycles. The van der Waals surface area contributed by atoms with Crippen molar-refractivity contribution < 1.29 is 9.90 Å². The van der Waals surface area contributed by atoms with Gasteiger partial charge in [0.1, 0.15) is 5.41 Å². The number of carbonyl (C=O) groups is 1. The summed E-state index contributed by atoms with van der Waals surface area (Å²) in [5.74, 6) is -0.888. The highest BCUT2D eigenvalue weighted by molar-refractivity contribution is 5.81. The Hall–Kier alpha value is -1.61.